The predicted octanol–water partition coefficient (Wildman–Crippen LogP) is 2.98. The second kappa shape index (κ2) is 6.52. The van der Waals surface area contributed by atoms with Crippen molar-refractivity contribution in [1.29, 1.82) is 0 Å². The SMILES string of the molecule is C/C=C/CCNc1cc(OC)ccc1[N+](=O)[O-]. The fourth-order valence-electron chi connectivity index (χ4n) is 1.40. The summed E-state index contributed by atoms with van der Waals surface area (Å²) in [6, 6.07) is 4.65. The number of hydrogen-bond donors (Lipinski definition) is 1. The van der Waals surface area contributed by atoms with Crippen molar-refractivity contribution in [2.24, 2.45) is 0 Å². The van der Waals surface area contributed by atoms with Crippen molar-refractivity contribution < 1.29 is 9.66 Å². The molecule has 0 amide bonds. The lowest BCUT2D eigenvalue weighted by atomic mass is 10.2. The molecule has 0 saturated heterocycles. The molecule has 0 aliphatic rings. The van der Waals surface area contributed by atoms with E-state index in [9.17, 15) is 10.1 Å². The van der Waals surface area contributed by atoms with Crippen LogP contribution in [0.2, 0.25) is 0 Å². The first-order valence-corrected chi connectivity index (χ1v) is 5.36. The minimum atomic E-state index is -0.405. The topological polar surface area (TPSA) is 64.4 Å². The predicted molar refractivity (Wildman–Crippen MR) is 67.6 cm³/mol. The van der Waals surface area contributed by atoms with E-state index in [-0.39, 0.29) is 5.69 Å². The summed E-state index contributed by atoms with van der Waals surface area (Å²) in [7, 11) is 1.53. The van der Waals surface area contributed by atoms with Crippen LogP contribution in [0, 0.1) is 10.1 Å². The zero-order valence-electron chi connectivity index (χ0n) is 9.97. The number of nitrogens with zero attached hydrogens (tertiary/aromatic N) is 1. The lowest BCUT2D eigenvalue weighted by Gasteiger charge is -2.07. The maximum atomic E-state index is 10.8. The Balaban J connectivity index is 2.81. The maximum absolute atomic E-state index is 10.8. The van der Waals surface area contributed by atoms with Crippen LogP contribution >= 0.6 is 0 Å². The van der Waals surface area contributed by atoms with Crippen LogP contribution in [0.5, 0.6) is 5.75 Å². The molecule has 0 aliphatic carbocycles. The first-order valence-electron chi connectivity index (χ1n) is 5.36. The summed E-state index contributed by atoms with van der Waals surface area (Å²) >= 11 is 0. The standard InChI is InChI=1S/C12H16N2O3/c1-3-4-5-8-13-11-9-10(17-2)6-7-12(11)14(15)16/h3-4,6-7,9,13H,5,8H2,1-2H3/b4-3+. The van der Waals surface area contributed by atoms with Gasteiger partial charge in [-0.15, -0.1) is 0 Å². The average Bonchev–Trinajstić information content (AvgIpc) is 2.34. The molecule has 17 heavy (non-hydrogen) atoms. The third kappa shape index (κ3) is 3.79. The summed E-state index contributed by atoms with van der Waals surface area (Å²) in [5.41, 5.74) is 0.546. The van der Waals surface area contributed by atoms with Crippen molar-refractivity contribution in [3.63, 3.8) is 0 Å². The first kappa shape index (κ1) is 13.0. The van der Waals surface area contributed by atoms with Crippen LogP contribution in [0.3, 0.4) is 0 Å². The Kier molecular flexibility index (Phi) is 5.00. The Morgan fingerprint density at radius 3 is 2.88 bits per heavy atom. The van der Waals surface area contributed by atoms with Crippen LogP contribution in [0.25, 0.3) is 0 Å². The summed E-state index contributed by atoms with van der Waals surface area (Å²) in [5, 5.41) is 13.9. The van der Waals surface area contributed by atoms with E-state index in [4.69, 9.17) is 4.74 Å². The molecule has 0 heterocycles. The molecule has 0 fully saturated rings. The molecular formula is C12H16N2O3. The molecule has 92 valence electrons. The van der Waals surface area contributed by atoms with E-state index in [1.165, 1.54) is 13.2 Å². The molecule has 0 aromatic heterocycles. The highest BCUT2D eigenvalue weighted by molar-refractivity contribution is 5.64. The third-order valence-electron chi connectivity index (χ3n) is 2.26. The molecule has 0 saturated carbocycles. The van der Waals surface area contributed by atoms with Crippen LogP contribution < -0.4 is 10.1 Å². The van der Waals surface area contributed by atoms with Crippen molar-refractivity contribution in [2.75, 3.05) is 19.0 Å². The highest BCUT2D eigenvalue weighted by Gasteiger charge is 2.13. The number of ether oxygens (including phenoxy) is 1. The number of rotatable bonds is 6. The van der Waals surface area contributed by atoms with E-state index in [1.54, 1.807) is 12.1 Å². The van der Waals surface area contributed by atoms with Gasteiger partial charge in [0, 0.05) is 18.7 Å². The number of nitro groups is 1. The molecule has 0 unspecified atom stereocenters. The second-order valence-electron chi connectivity index (χ2n) is 3.42. The molecular weight excluding hydrogens is 220 g/mol. The molecule has 0 radical (unpaired) electrons. The van der Waals surface area contributed by atoms with Gasteiger partial charge >= 0.3 is 0 Å². The van der Waals surface area contributed by atoms with Crippen molar-refractivity contribution in [3.8, 4) is 5.75 Å². The number of hydrogen-bond acceptors (Lipinski definition) is 4. The zero-order valence-corrected chi connectivity index (χ0v) is 9.97. The van der Waals surface area contributed by atoms with Crippen LogP contribution in [0.4, 0.5) is 11.4 Å². The smallest absolute Gasteiger partial charge is 0.292 e. The number of nitrogens with one attached hydrogen (secondary N) is 1. The van der Waals surface area contributed by atoms with Gasteiger partial charge < -0.3 is 10.1 Å². The first-order chi connectivity index (χ1) is 8.19. The molecule has 5 heteroatoms. The molecule has 1 aromatic carbocycles. The zero-order chi connectivity index (χ0) is 12.7. The fraction of sp³-hybridized carbons (Fsp3) is 0.333. The highest BCUT2D eigenvalue weighted by atomic mass is 16.6. The molecule has 1 N–H and O–H groups in total. The van der Waals surface area contributed by atoms with Gasteiger partial charge in [0.15, 0.2) is 0 Å². The molecule has 1 aromatic rings. The number of allylic oxidation sites excluding steroid dienone is 1. The minimum absolute atomic E-state index is 0.0614. The molecule has 1 rings (SSSR count). The van der Waals surface area contributed by atoms with Crippen molar-refractivity contribution in [2.45, 2.75) is 13.3 Å². The summed E-state index contributed by atoms with van der Waals surface area (Å²) in [6.07, 6.45) is 4.77. The second-order valence-corrected chi connectivity index (χ2v) is 3.42. The van der Waals surface area contributed by atoms with Gasteiger partial charge in [-0.05, 0) is 19.4 Å². The van der Waals surface area contributed by atoms with E-state index < -0.39 is 4.92 Å². The van der Waals surface area contributed by atoms with Crippen molar-refractivity contribution >= 4 is 11.4 Å². The Hall–Kier alpha value is -2.04. The summed E-state index contributed by atoms with van der Waals surface area (Å²) in [6.45, 7) is 2.59. The number of benzene rings is 1. The summed E-state index contributed by atoms with van der Waals surface area (Å²) < 4.78 is 5.04. The van der Waals surface area contributed by atoms with Crippen LogP contribution in [0.15, 0.2) is 30.4 Å². The largest absolute Gasteiger partial charge is 0.497 e. The van der Waals surface area contributed by atoms with Crippen LogP contribution in [0.1, 0.15) is 13.3 Å². The number of nitro benzene ring substituents is 1. The molecule has 5 nitrogen and oxygen atoms in total. The average molecular weight is 236 g/mol. The Morgan fingerprint density at radius 1 is 1.53 bits per heavy atom. The van der Waals surface area contributed by atoms with Crippen molar-refractivity contribution in [1.82, 2.24) is 0 Å². The Morgan fingerprint density at radius 2 is 2.29 bits per heavy atom. The van der Waals surface area contributed by atoms with E-state index in [2.05, 4.69) is 5.32 Å². The van der Waals surface area contributed by atoms with Crippen molar-refractivity contribution in [3.05, 3.63) is 40.5 Å². The lowest BCUT2D eigenvalue weighted by molar-refractivity contribution is -0.384. The monoisotopic (exact) mass is 236 g/mol. The quantitative estimate of drug-likeness (QED) is 0.357. The molecule has 0 bridgehead atoms. The third-order valence-corrected chi connectivity index (χ3v) is 2.26. The maximum Gasteiger partial charge on any atom is 0.292 e. The summed E-state index contributed by atoms with van der Waals surface area (Å²) in [5.74, 6) is 0.601. The Labute approximate surface area is 100 Å². The van der Waals surface area contributed by atoms with E-state index in [0.29, 0.717) is 18.0 Å². The van der Waals surface area contributed by atoms with Crippen LogP contribution in [-0.2, 0) is 0 Å². The van der Waals surface area contributed by atoms with E-state index >= 15 is 0 Å². The van der Waals surface area contributed by atoms with E-state index in [0.717, 1.165) is 6.42 Å². The van der Waals surface area contributed by atoms with Gasteiger partial charge in [0.2, 0.25) is 0 Å². The van der Waals surface area contributed by atoms with Gasteiger partial charge in [-0.2, -0.15) is 0 Å². The van der Waals surface area contributed by atoms with Gasteiger partial charge in [-0.1, -0.05) is 12.2 Å². The lowest BCUT2D eigenvalue weighted by Crippen LogP contribution is -2.03. The number of methoxy groups -OCH3 is 1. The highest BCUT2D eigenvalue weighted by Crippen LogP contribution is 2.28. The number of anilines is 1. The van der Waals surface area contributed by atoms with Gasteiger partial charge in [0.05, 0.1) is 12.0 Å². The molecule has 0 atom stereocenters. The van der Waals surface area contributed by atoms with Gasteiger partial charge in [-0.25, -0.2) is 0 Å². The van der Waals surface area contributed by atoms with Gasteiger partial charge in [0.1, 0.15) is 11.4 Å². The minimum Gasteiger partial charge on any atom is -0.497 e. The summed E-state index contributed by atoms with van der Waals surface area (Å²) in [4.78, 5) is 10.4. The molecule has 0 spiro atoms. The fourth-order valence-corrected chi connectivity index (χ4v) is 1.40. The van der Waals surface area contributed by atoms with Crippen LogP contribution in [-0.4, -0.2) is 18.6 Å². The van der Waals surface area contributed by atoms with Gasteiger partial charge in [-0.3, -0.25) is 10.1 Å². The Bertz CT molecular complexity index is 416. The van der Waals surface area contributed by atoms with Gasteiger partial charge in [0.25, 0.3) is 5.69 Å². The normalized spacial score (nSPS) is 10.5. The van der Waals surface area contributed by atoms with E-state index in [1.807, 2.05) is 19.1 Å². The molecule has 0 aliphatic heterocycles.